The highest BCUT2D eigenvalue weighted by molar-refractivity contribution is 5.74. The van der Waals surface area contributed by atoms with Gasteiger partial charge >= 0.3 is 6.03 Å². The van der Waals surface area contributed by atoms with E-state index in [2.05, 4.69) is 83.9 Å². The number of piperidine rings is 1. The molecule has 1 saturated heterocycles. The van der Waals surface area contributed by atoms with Gasteiger partial charge in [0.2, 0.25) is 0 Å². The summed E-state index contributed by atoms with van der Waals surface area (Å²) >= 11 is 0. The standard InChI is InChI=1S/C28H33N3O/c1-23-12-14-24(15-13-23)20-29-28(32)31(22-26-10-6-3-7-11-26)27-16-18-30(19-17-27)21-25-8-4-2-5-9-25/h2-15,27H,16-22H2,1H3,(H,29,32). The molecule has 0 saturated carbocycles. The molecule has 4 nitrogen and oxygen atoms in total. The summed E-state index contributed by atoms with van der Waals surface area (Å²) in [7, 11) is 0. The number of carbonyl (C=O) groups is 1. The molecule has 2 amide bonds. The van der Waals surface area contributed by atoms with Crippen LogP contribution in [0.4, 0.5) is 4.79 Å². The Hall–Kier alpha value is -3.11. The molecule has 0 aliphatic carbocycles. The number of carbonyl (C=O) groups excluding carboxylic acids is 1. The van der Waals surface area contributed by atoms with E-state index in [9.17, 15) is 4.79 Å². The highest BCUT2D eigenvalue weighted by atomic mass is 16.2. The molecule has 32 heavy (non-hydrogen) atoms. The lowest BCUT2D eigenvalue weighted by atomic mass is 10.0. The predicted molar refractivity (Wildman–Crippen MR) is 130 cm³/mol. The van der Waals surface area contributed by atoms with Crippen molar-refractivity contribution < 1.29 is 4.79 Å². The highest BCUT2D eigenvalue weighted by Crippen LogP contribution is 2.21. The van der Waals surface area contributed by atoms with E-state index in [1.807, 2.05) is 23.1 Å². The van der Waals surface area contributed by atoms with E-state index in [1.54, 1.807) is 0 Å². The van der Waals surface area contributed by atoms with Gasteiger partial charge < -0.3 is 10.2 Å². The number of urea groups is 1. The maximum Gasteiger partial charge on any atom is 0.318 e. The van der Waals surface area contributed by atoms with Gasteiger partial charge in [0.1, 0.15) is 0 Å². The van der Waals surface area contributed by atoms with Crippen LogP contribution in [-0.2, 0) is 19.6 Å². The maximum absolute atomic E-state index is 13.3. The normalized spacial score (nSPS) is 14.8. The molecule has 1 N–H and O–H groups in total. The first-order valence-corrected chi connectivity index (χ1v) is 11.6. The minimum absolute atomic E-state index is 0.0240. The predicted octanol–water partition coefficient (Wildman–Crippen LogP) is 5.37. The summed E-state index contributed by atoms with van der Waals surface area (Å²) in [6.07, 6.45) is 2.00. The number of nitrogens with one attached hydrogen (secondary N) is 1. The van der Waals surface area contributed by atoms with Gasteiger partial charge in [-0.05, 0) is 36.5 Å². The van der Waals surface area contributed by atoms with Gasteiger partial charge in [0, 0.05) is 38.8 Å². The van der Waals surface area contributed by atoms with Crippen LogP contribution in [0.5, 0.6) is 0 Å². The molecule has 0 radical (unpaired) electrons. The average Bonchev–Trinajstić information content (AvgIpc) is 2.84. The Morgan fingerprint density at radius 2 is 1.44 bits per heavy atom. The number of rotatable bonds is 7. The second-order valence-corrected chi connectivity index (χ2v) is 8.75. The second-order valence-electron chi connectivity index (χ2n) is 8.75. The van der Waals surface area contributed by atoms with Crippen molar-refractivity contribution in [3.05, 3.63) is 107 Å². The Morgan fingerprint density at radius 1 is 0.844 bits per heavy atom. The van der Waals surface area contributed by atoms with Crippen LogP contribution in [-0.4, -0.2) is 35.0 Å². The third kappa shape index (κ3) is 6.21. The van der Waals surface area contributed by atoms with Gasteiger partial charge in [-0.3, -0.25) is 4.90 Å². The van der Waals surface area contributed by atoms with Gasteiger partial charge in [0.05, 0.1) is 0 Å². The van der Waals surface area contributed by atoms with Gasteiger partial charge in [-0.1, -0.05) is 90.5 Å². The topological polar surface area (TPSA) is 35.6 Å². The molecule has 0 spiro atoms. The quantitative estimate of drug-likeness (QED) is 0.550. The Bertz CT molecular complexity index is 965. The van der Waals surface area contributed by atoms with Crippen molar-refractivity contribution in [2.75, 3.05) is 13.1 Å². The van der Waals surface area contributed by atoms with Crippen molar-refractivity contribution in [3.63, 3.8) is 0 Å². The Balaban J connectivity index is 1.38. The van der Waals surface area contributed by atoms with Crippen molar-refractivity contribution >= 4 is 6.03 Å². The number of amides is 2. The zero-order valence-electron chi connectivity index (χ0n) is 18.9. The van der Waals surface area contributed by atoms with E-state index in [1.165, 1.54) is 16.7 Å². The summed E-state index contributed by atoms with van der Waals surface area (Å²) in [5.74, 6) is 0. The van der Waals surface area contributed by atoms with Crippen LogP contribution in [0.1, 0.15) is 35.1 Å². The Labute approximate surface area is 191 Å². The SMILES string of the molecule is Cc1ccc(CNC(=O)N(Cc2ccccc2)C2CCN(Cc3ccccc3)CC2)cc1. The third-order valence-electron chi connectivity index (χ3n) is 6.27. The molecule has 0 aromatic heterocycles. The van der Waals surface area contributed by atoms with Crippen LogP contribution in [0.2, 0.25) is 0 Å². The number of hydrogen-bond donors (Lipinski definition) is 1. The minimum Gasteiger partial charge on any atom is -0.334 e. The molecule has 1 fully saturated rings. The zero-order chi connectivity index (χ0) is 22.2. The zero-order valence-corrected chi connectivity index (χ0v) is 18.9. The van der Waals surface area contributed by atoms with Crippen LogP contribution < -0.4 is 5.32 Å². The second kappa shape index (κ2) is 11.0. The Kier molecular flexibility index (Phi) is 7.57. The monoisotopic (exact) mass is 427 g/mol. The van der Waals surface area contributed by atoms with E-state index >= 15 is 0 Å². The molecule has 166 valence electrons. The molecule has 1 aliphatic heterocycles. The Morgan fingerprint density at radius 3 is 2.06 bits per heavy atom. The van der Waals surface area contributed by atoms with Crippen LogP contribution >= 0.6 is 0 Å². The van der Waals surface area contributed by atoms with Gasteiger partial charge in [-0.25, -0.2) is 4.79 Å². The summed E-state index contributed by atoms with van der Waals surface area (Å²) in [6, 6.07) is 29.6. The largest absolute Gasteiger partial charge is 0.334 e. The fourth-order valence-corrected chi connectivity index (χ4v) is 4.36. The first kappa shape index (κ1) is 22.1. The summed E-state index contributed by atoms with van der Waals surface area (Å²) in [5, 5.41) is 3.16. The van der Waals surface area contributed by atoms with Gasteiger partial charge in [0.15, 0.2) is 0 Å². The number of likely N-dealkylation sites (tertiary alicyclic amines) is 1. The smallest absolute Gasteiger partial charge is 0.318 e. The third-order valence-corrected chi connectivity index (χ3v) is 6.27. The fraction of sp³-hybridized carbons (Fsp3) is 0.321. The highest BCUT2D eigenvalue weighted by Gasteiger charge is 2.28. The van der Waals surface area contributed by atoms with Crippen molar-refractivity contribution in [2.45, 2.75) is 45.4 Å². The molecule has 1 heterocycles. The van der Waals surface area contributed by atoms with E-state index in [4.69, 9.17) is 0 Å². The molecule has 3 aromatic carbocycles. The fourth-order valence-electron chi connectivity index (χ4n) is 4.36. The van der Waals surface area contributed by atoms with Crippen molar-refractivity contribution in [2.24, 2.45) is 0 Å². The molecule has 1 aliphatic rings. The lowest BCUT2D eigenvalue weighted by Gasteiger charge is -2.38. The van der Waals surface area contributed by atoms with Crippen molar-refractivity contribution in [1.29, 1.82) is 0 Å². The van der Waals surface area contributed by atoms with Crippen molar-refractivity contribution in [3.8, 4) is 0 Å². The van der Waals surface area contributed by atoms with E-state index in [-0.39, 0.29) is 12.1 Å². The lowest BCUT2D eigenvalue weighted by Crippen LogP contribution is -2.50. The van der Waals surface area contributed by atoms with Gasteiger partial charge in [0.25, 0.3) is 0 Å². The summed E-state index contributed by atoms with van der Waals surface area (Å²) < 4.78 is 0. The molecular weight excluding hydrogens is 394 g/mol. The molecule has 3 aromatic rings. The number of benzene rings is 3. The molecule has 0 atom stereocenters. The van der Waals surface area contributed by atoms with E-state index < -0.39 is 0 Å². The molecule has 4 rings (SSSR count). The molecular formula is C28H33N3O. The van der Waals surface area contributed by atoms with Crippen LogP contribution in [0.15, 0.2) is 84.9 Å². The summed E-state index contributed by atoms with van der Waals surface area (Å²) in [5.41, 5.74) is 4.88. The summed E-state index contributed by atoms with van der Waals surface area (Å²) in [4.78, 5) is 17.8. The van der Waals surface area contributed by atoms with E-state index in [0.29, 0.717) is 13.1 Å². The average molecular weight is 428 g/mol. The first-order valence-electron chi connectivity index (χ1n) is 11.6. The first-order chi connectivity index (χ1) is 15.7. The number of hydrogen-bond acceptors (Lipinski definition) is 2. The molecule has 0 bridgehead atoms. The number of aryl methyl sites for hydroxylation is 1. The summed E-state index contributed by atoms with van der Waals surface area (Å²) in [6.45, 7) is 6.27. The molecule has 0 unspecified atom stereocenters. The number of nitrogens with zero attached hydrogens (tertiary/aromatic N) is 2. The maximum atomic E-state index is 13.3. The van der Waals surface area contributed by atoms with Crippen LogP contribution in [0.25, 0.3) is 0 Å². The van der Waals surface area contributed by atoms with E-state index in [0.717, 1.165) is 38.0 Å². The lowest BCUT2D eigenvalue weighted by molar-refractivity contribution is 0.113. The van der Waals surface area contributed by atoms with Crippen molar-refractivity contribution in [1.82, 2.24) is 15.1 Å². The molecule has 4 heteroatoms. The van der Waals surface area contributed by atoms with Crippen LogP contribution in [0.3, 0.4) is 0 Å². The van der Waals surface area contributed by atoms with Gasteiger partial charge in [-0.15, -0.1) is 0 Å². The minimum atomic E-state index is 0.0240. The van der Waals surface area contributed by atoms with Gasteiger partial charge in [-0.2, -0.15) is 0 Å². The van der Waals surface area contributed by atoms with Crippen LogP contribution in [0, 0.1) is 6.92 Å².